The SMILES string of the molecule is O=C(c1coc(CSc2nnc(-c3ccco3)n2-c2cccc(C(F)(F)F)c2)n1)N(CCc1ccccc1)Cc1ccccc1. The number of carbonyl (C=O) groups excluding carboxylic acids is 1. The number of nitrogens with zero attached hydrogens (tertiary/aromatic N) is 5. The van der Waals surface area contributed by atoms with Crippen LogP contribution in [0.3, 0.4) is 0 Å². The van der Waals surface area contributed by atoms with E-state index in [1.54, 1.807) is 17.0 Å². The smallest absolute Gasteiger partial charge is 0.416 e. The van der Waals surface area contributed by atoms with Crippen molar-refractivity contribution in [3.63, 3.8) is 0 Å². The van der Waals surface area contributed by atoms with E-state index in [9.17, 15) is 18.0 Å². The lowest BCUT2D eigenvalue weighted by molar-refractivity contribution is -0.137. The van der Waals surface area contributed by atoms with Gasteiger partial charge in [0.2, 0.25) is 11.7 Å². The van der Waals surface area contributed by atoms with Gasteiger partial charge in [0.1, 0.15) is 6.26 Å². The van der Waals surface area contributed by atoms with Gasteiger partial charge in [0.15, 0.2) is 16.6 Å². The summed E-state index contributed by atoms with van der Waals surface area (Å²) in [5.74, 6) is 0.696. The van der Waals surface area contributed by atoms with Gasteiger partial charge >= 0.3 is 6.18 Å². The summed E-state index contributed by atoms with van der Waals surface area (Å²) in [6.07, 6.45) is -1.09. The van der Waals surface area contributed by atoms with Gasteiger partial charge < -0.3 is 13.7 Å². The predicted octanol–water partition coefficient (Wildman–Crippen LogP) is 7.71. The molecule has 228 valence electrons. The molecule has 3 aromatic carbocycles. The van der Waals surface area contributed by atoms with Crippen LogP contribution in [0.1, 0.15) is 33.1 Å². The molecule has 0 N–H and O–H groups in total. The Bertz CT molecular complexity index is 1860. The normalized spacial score (nSPS) is 11.5. The molecule has 3 heterocycles. The number of benzene rings is 3. The number of carbonyl (C=O) groups is 1. The molecule has 12 heteroatoms. The van der Waals surface area contributed by atoms with Gasteiger partial charge in [-0.15, -0.1) is 10.2 Å². The van der Waals surface area contributed by atoms with Crippen LogP contribution in [-0.2, 0) is 24.9 Å². The molecule has 0 spiro atoms. The van der Waals surface area contributed by atoms with Crippen LogP contribution in [0.25, 0.3) is 17.3 Å². The molecule has 0 unspecified atom stereocenters. The van der Waals surface area contributed by atoms with Gasteiger partial charge in [-0.25, -0.2) is 4.98 Å². The molecule has 0 atom stereocenters. The van der Waals surface area contributed by atoms with Gasteiger partial charge in [0.25, 0.3) is 5.91 Å². The van der Waals surface area contributed by atoms with Gasteiger partial charge in [-0.2, -0.15) is 13.2 Å². The fraction of sp³-hybridized carbons (Fsp3) is 0.152. The van der Waals surface area contributed by atoms with Crippen molar-refractivity contribution >= 4 is 17.7 Å². The molecule has 0 saturated heterocycles. The van der Waals surface area contributed by atoms with Crippen LogP contribution in [0.4, 0.5) is 13.2 Å². The molecule has 0 bridgehead atoms. The maximum atomic E-state index is 13.6. The molecule has 0 saturated carbocycles. The maximum absolute atomic E-state index is 13.6. The molecule has 6 aromatic rings. The standard InChI is InChI=1S/C33H26F3N5O3S/c34-33(35,36)25-13-7-14-26(19-25)41-30(28-15-8-18-43-28)38-39-32(41)45-22-29-37-27(21-44-29)31(42)40(20-24-11-5-2-6-12-24)17-16-23-9-3-1-4-10-23/h1-15,18-19,21H,16-17,20,22H2. The Hall–Kier alpha value is -5.10. The third kappa shape index (κ3) is 7.18. The Morgan fingerprint density at radius 3 is 2.33 bits per heavy atom. The van der Waals surface area contributed by atoms with Crippen molar-refractivity contribution in [1.82, 2.24) is 24.6 Å². The molecule has 1 amide bonds. The maximum Gasteiger partial charge on any atom is 0.416 e. The number of alkyl halides is 3. The van der Waals surface area contributed by atoms with Gasteiger partial charge in [0.05, 0.1) is 23.3 Å². The zero-order chi connectivity index (χ0) is 31.2. The Balaban J connectivity index is 1.22. The van der Waals surface area contributed by atoms with Crippen LogP contribution in [-0.4, -0.2) is 37.1 Å². The molecule has 0 aliphatic rings. The topological polar surface area (TPSA) is 90.2 Å². The molecular formula is C33H26F3N5O3S. The molecular weight excluding hydrogens is 603 g/mol. The molecule has 0 aliphatic heterocycles. The highest BCUT2D eigenvalue weighted by Gasteiger charge is 2.31. The lowest BCUT2D eigenvalue weighted by Crippen LogP contribution is -2.32. The fourth-order valence-electron chi connectivity index (χ4n) is 4.71. The summed E-state index contributed by atoms with van der Waals surface area (Å²) >= 11 is 1.16. The number of furan rings is 1. The first-order valence-corrected chi connectivity index (χ1v) is 14.9. The summed E-state index contributed by atoms with van der Waals surface area (Å²) < 4.78 is 53.2. The summed E-state index contributed by atoms with van der Waals surface area (Å²) in [5, 5.41) is 8.69. The van der Waals surface area contributed by atoms with Crippen LogP contribution >= 0.6 is 11.8 Å². The first-order valence-electron chi connectivity index (χ1n) is 14.0. The lowest BCUT2D eigenvalue weighted by Gasteiger charge is -2.22. The van der Waals surface area contributed by atoms with Crippen molar-refractivity contribution in [1.29, 1.82) is 0 Å². The zero-order valence-corrected chi connectivity index (χ0v) is 24.5. The third-order valence-electron chi connectivity index (χ3n) is 6.92. The number of rotatable bonds is 11. The van der Waals surface area contributed by atoms with E-state index in [1.165, 1.54) is 29.2 Å². The Morgan fingerprint density at radius 2 is 1.62 bits per heavy atom. The zero-order valence-electron chi connectivity index (χ0n) is 23.7. The second-order valence-electron chi connectivity index (χ2n) is 10.0. The van der Waals surface area contributed by atoms with Crippen LogP contribution in [0, 0.1) is 0 Å². The molecule has 0 fully saturated rings. The predicted molar refractivity (Wildman–Crippen MR) is 161 cm³/mol. The minimum atomic E-state index is -4.53. The Labute approximate surface area is 260 Å². The quantitative estimate of drug-likeness (QED) is 0.136. The van der Waals surface area contributed by atoms with E-state index in [2.05, 4.69) is 15.2 Å². The van der Waals surface area contributed by atoms with E-state index in [4.69, 9.17) is 8.83 Å². The number of oxazole rings is 1. The van der Waals surface area contributed by atoms with Crippen molar-refractivity contribution in [2.24, 2.45) is 0 Å². The van der Waals surface area contributed by atoms with Crippen LogP contribution in [0.2, 0.25) is 0 Å². The highest BCUT2D eigenvalue weighted by Crippen LogP contribution is 2.34. The number of aromatic nitrogens is 4. The average molecular weight is 630 g/mol. The van der Waals surface area contributed by atoms with Crippen LogP contribution in [0.15, 0.2) is 124 Å². The second kappa shape index (κ2) is 13.3. The number of halogens is 3. The van der Waals surface area contributed by atoms with E-state index in [0.29, 0.717) is 30.4 Å². The summed E-state index contributed by atoms with van der Waals surface area (Å²) in [7, 11) is 0. The number of thioether (sulfide) groups is 1. The minimum absolute atomic E-state index is 0.144. The molecule has 45 heavy (non-hydrogen) atoms. The van der Waals surface area contributed by atoms with Crippen molar-refractivity contribution in [2.75, 3.05) is 6.54 Å². The third-order valence-corrected chi connectivity index (χ3v) is 7.83. The first-order chi connectivity index (χ1) is 21.8. The summed E-state index contributed by atoms with van der Waals surface area (Å²) in [5.41, 5.74) is 1.66. The van der Waals surface area contributed by atoms with Gasteiger partial charge in [-0.3, -0.25) is 9.36 Å². The van der Waals surface area contributed by atoms with Gasteiger partial charge in [0, 0.05) is 13.1 Å². The molecule has 8 nitrogen and oxygen atoms in total. The number of hydrogen-bond donors (Lipinski definition) is 0. The van der Waals surface area contributed by atoms with E-state index < -0.39 is 11.7 Å². The Kier molecular flexibility index (Phi) is 8.83. The Morgan fingerprint density at radius 1 is 0.867 bits per heavy atom. The van der Waals surface area contributed by atoms with E-state index >= 15 is 0 Å². The fourth-order valence-corrected chi connectivity index (χ4v) is 5.52. The minimum Gasteiger partial charge on any atom is -0.461 e. The molecule has 3 aromatic heterocycles. The van der Waals surface area contributed by atoms with E-state index in [1.807, 2.05) is 60.7 Å². The summed E-state index contributed by atoms with van der Waals surface area (Å²) in [4.78, 5) is 19.8. The van der Waals surface area contributed by atoms with E-state index in [-0.39, 0.29) is 34.8 Å². The summed E-state index contributed by atoms with van der Waals surface area (Å²) in [6.45, 7) is 0.878. The first kappa shape index (κ1) is 29.9. The number of amides is 1. The van der Waals surface area contributed by atoms with Crippen LogP contribution < -0.4 is 0 Å². The van der Waals surface area contributed by atoms with Crippen molar-refractivity contribution < 1.29 is 26.8 Å². The van der Waals surface area contributed by atoms with Gasteiger partial charge in [-0.05, 0) is 47.9 Å². The largest absolute Gasteiger partial charge is 0.461 e. The second-order valence-corrected chi connectivity index (χ2v) is 11.0. The molecule has 0 aliphatic carbocycles. The van der Waals surface area contributed by atoms with Crippen molar-refractivity contribution in [3.05, 3.63) is 138 Å². The van der Waals surface area contributed by atoms with Crippen molar-refractivity contribution in [2.45, 2.75) is 30.1 Å². The highest BCUT2D eigenvalue weighted by molar-refractivity contribution is 7.98. The summed E-state index contributed by atoms with van der Waals surface area (Å²) in [6, 6.07) is 27.8. The van der Waals surface area contributed by atoms with Crippen molar-refractivity contribution in [3.8, 4) is 17.3 Å². The highest BCUT2D eigenvalue weighted by atomic mass is 32.2. The monoisotopic (exact) mass is 629 g/mol. The average Bonchev–Trinajstić information content (AvgIpc) is 3.84. The van der Waals surface area contributed by atoms with E-state index in [0.717, 1.165) is 35.0 Å². The molecule has 0 radical (unpaired) electrons. The van der Waals surface area contributed by atoms with Crippen LogP contribution in [0.5, 0.6) is 0 Å². The van der Waals surface area contributed by atoms with Gasteiger partial charge in [-0.1, -0.05) is 78.5 Å². The number of hydrogen-bond acceptors (Lipinski definition) is 7. The lowest BCUT2D eigenvalue weighted by atomic mass is 10.1. The molecule has 6 rings (SSSR count).